The molecule has 0 aliphatic heterocycles. The van der Waals surface area contributed by atoms with Gasteiger partial charge in [-0.25, -0.2) is 9.66 Å². The highest BCUT2D eigenvalue weighted by Gasteiger charge is 2.11. The summed E-state index contributed by atoms with van der Waals surface area (Å²) in [5.74, 6) is 7.36. The van der Waals surface area contributed by atoms with Crippen molar-refractivity contribution in [3.05, 3.63) is 11.5 Å². The van der Waals surface area contributed by atoms with E-state index in [4.69, 9.17) is 11.6 Å². The molecule has 0 spiro atoms. The number of hydrogen-bond donors (Lipinski definition) is 2. The van der Waals surface area contributed by atoms with Crippen molar-refractivity contribution in [1.82, 2.24) is 9.66 Å². The maximum Gasteiger partial charge on any atom is 0.145 e. The summed E-state index contributed by atoms with van der Waals surface area (Å²) >= 11 is 0. The van der Waals surface area contributed by atoms with Crippen molar-refractivity contribution in [2.24, 2.45) is 0 Å². The summed E-state index contributed by atoms with van der Waals surface area (Å²) in [5, 5.41) is 0. The summed E-state index contributed by atoms with van der Waals surface area (Å²) in [6, 6.07) is 0. The van der Waals surface area contributed by atoms with Crippen LogP contribution in [-0.2, 0) is 12.8 Å². The Hall–Kier alpha value is -1.19. The van der Waals surface area contributed by atoms with Crippen LogP contribution in [-0.4, -0.2) is 9.66 Å². The van der Waals surface area contributed by atoms with E-state index in [0.717, 1.165) is 37.2 Å². The average Bonchev–Trinajstić information content (AvgIpc) is 2.48. The first-order chi connectivity index (χ1) is 7.20. The second-order valence-electron chi connectivity index (χ2n) is 3.94. The fraction of sp³-hybridized carbons (Fsp3) is 0.727. The molecule has 15 heavy (non-hydrogen) atoms. The van der Waals surface area contributed by atoms with E-state index in [1.165, 1.54) is 17.5 Å². The van der Waals surface area contributed by atoms with Crippen molar-refractivity contribution < 1.29 is 0 Å². The number of aromatic nitrogens is 2. The second kappa shape index (κ2) is 5.63. The Morgan fingerprint density at radius 3 is 2.47 bits per heavy atom. The number of nitrogens with zero attached hydrogens (tertiary/aromatic N) is 2. The predicted molar refractivity (Wildman–Crippen MR) is 64.0 cm³/mol. The summed E-state index contributed by atoms with van der Waals surface area (Å²) in [4.78, 5) is 4.48. The maximum absolute atomic E-state index is 5.89. The molecular weight excluding hydrogens is 188 g/mol. The highest BCUT2D eigenvalue weighted by atomic mass is 15.4. The maximum atomic E-state index is 5.89. The van der Waals surface area contributed by atoms with Gasteiger partial charge in [0.2, 0.25) is 0 Å². The molecule has 0 saturated heterocycles. The van der Waals surface area contributed by atoms with Crippen LogP contribution in [0.4, 0.5) is 5.82 Å². The van der Waals surface area contributed by atoms with Crippen molar-refractivity contribution in [3.8, 4) is 0 Å². The van der Waals surface area contributed by atoms with Gasteiger partial charge < -0.3 is 11.6 Å². The predicted octanol–water partition coefficient (Wildman–Crippen LogP) is 1.86. The minimum Gasteiger partial charge on any atom is -0.382 e. The topological polar surface area (TPSA) is 69.9 Å². The van der Waals surface area contributed by atoms with Gasteiger partial charge in [0.15, 0.2) is 0 Å². The lowest BCUT2D eigenvalue weighted by Crippen LogP contribution is -2.15. The van der Waals surface area contributed by atoms with Gasteiger partial charge in [0.1, 0.15) is 11.6 Å². The summed E-state index contributed by atoms with van der Waals surface area (Å²) < 4.78 is 1.53. The quantitative estimate of drug-likeness (QED) is 0.556. The van der Waals surface area contributed by atoms with Crippen molar-refractivity contribution in [3.63, 3.8) is 0 Å². The van der Waals surface area contributed by atoms with Gasteiger partial charge in [0.05, 0.1) is 5.69 Å². The fourth-order valence-corrected chi connectivity index (χ4v) is 1.67. The van der Waals surface area contributed by atoms with E-state index in [-0.39, 0.29) is 0 Å². The van der Waals surface area contributed by atoms with E-state index in [1.807, 2.05) is 0 Å². The molecule has 4 heteroatoms. The Bertz CT molecular complexity index is 304. The molecule has 0 fully saturated rings. The molecule has 0 atom stereocenters. The molecule has 4 nitrogen and oxygen atoms in total. The van der Waals surface area contributed by atoms with Crippen LogP contribution in [0.1, 0.15) is 51.0 Å². The summed E-state index contributed by atoms with van der Waals surface area (Å²) in [6.07, 6.45) is 6.46. The first-order valence-electron chi connectivity index (χ1n) is 5.81. The Balaban J connectivity index is 2.67. The molecular formula is C11H22N4. The SMILES string of the molecule is CCCCCc1nc(CCC)n(N)c1N. The van der Waals surface area contributed by atoms with E-state index in [0.29, 0.717) is 5.82 Å². The first kappa shape index (κ1) is 11.9. The van der Waals surface area contributed by atoms with Crippen LogP contribution in [0.25, 0.3) is 0 Å². The van der Waals surface area contributed by atoms with Crippen LogP contribution in [0, 0.1) is 0 Å². The number of hydrogen-bond acceptors (Lipinski definition) is 3. The molecule has 0 aliphatic rings. The van der Waals surface area contributed by atoms with Gasteiger partial charge in [-0.15, -0.1) is 0 Å². The van der Waals surface area contributed by atoms with Gasteiger partial charge in [0.25, 0.3) is 0 Å². The zero-order chi connectivity index (χ0) is 11.3. The van der Waals surface area contributed by atoms with Gasteiger partial charge >= 0.3 is 0 Å². The fourth-order valence-electron chi connectivity index (χ4n) is 1.67. The molecule has 0 radical (unpaired) electrons. The van der Waals surface area contributed by atoms with Crippen LogP contribution >= 0.6 is 0 Å². The van der Waals surface area contributed by atoms with E-state index in [1.54, 1.807) is 0 Å². The van der Waals surface area contributed by atoms with Crippen LogP contribution in [0.5, 0.6) is 0 Å². The zero-order valence-electron chi connectivity index (χ0n) is 9.79. The Labute approximate surface area is 91.6 Å². The monoisotopic (exact) mass is 210 g/mol. The average molecular weight is 210 g/mol. The summed E-state index contributed by atoms with van der Waals surface area (Å²) in [7, 11) is 0. The highest BCUT2D eigenvalue weighted by molar-refractivity contribution is 5.38. The molecule has 4 N–H and O–H groups in total. The zero-order valence-corrected chi connectivity index (χ0v) is 9.79. The number of rotatable bonds is 6. The van der Waals surface area contributed by atoms with E-state index >= 15 is 0 Å². The Morgan fingerprint density at radius 1 is 1.13 bits per heavy atom. The van der Waals surface area contributed by atoms with Crippen LogP contribution in [0.15, 0.2) is 0 Å². The standard InChI is InChI=1S/C11H22N4/c1-3-5-6-8-9-11(12)15(13)10(14-9)7-4-2/h3-8,12-13H2,1-2H3. The molecule has 0 unspecified atom stereocenters. The Kier molecular flexibility index (Phi) is 4.46. The molecule has 1 rings (SSSR count). The van der Waals surface area contributed by atoms with Gasteiger partial charge in [-0.05, 0) is 19.3 Å². The van der Waals surface area contributed by atoms with Crippen molar-refractivity contribution in [2.45, 2.75) is 52.4 Å². The lowest BCUT2D eigenvalue weighted by atomic mass is 10.1. The van der Waals surface area contributed by atoms with Crippen LogP contribution < -0.4 is 11.6 Å². The minimum absolute atomic E-state index is 0.634. The molecule has 1 aromatic rings. The number of aryl methyl sites for hydroxylation is 2. The number of unbranched alkanes of at least 4 members (excludes halogenated alkanes) is 2. The second-order valence-corrected chi connectivity index (χ2v) is 3.94. The number of nitrogen functional groups attached to an aromatic ring is 2. The molecule has 1 heterocycles. The normalized spacial score (nSPS) is 10.8. The number of nitrogens with two attached hydrogens (primary N) is 2. The third-order valence-electron chi connectivity index (χ3n) is 2.59. The summed E-state index contributed by atoms with van der Waals surface area (Å²) in [5.41, 5.74) is 6.86. The van der Waals surface area contributed by atoms with Crippen LogP contribution in [0.3, 0.4) is 0 Å². The molecule has 0 saturated carbocycles. The van der Waals surface area contributed by atoms with Crippen molar-refractivity contribution in [2.75, 3.05) is 11.6 Å². The van der Waals surface area contributed by atoms with E-state index in [9.17, 15) is 0 Å². The highest BCUT2D eigenvalue weighted by Crippen LogP contribution is 2.15. The van der Waals surface area contributed by atoms with Gasteiger partial charge in [-0.2, -0.15) is 0 Å². The third-order valence-corrected chi connectivity index (χ3v) is 2.59. The van der Waals surface area contributed by atoms with E-state index in [2.05, 4.69) is 18.8 Å². The molecule has 0 bridgehead atoms. The first-order valence-corrected chi connectivity index (χ1v) is 5.81. The van der Waals surface area contributed by atoms with E-state index < -0.39 is 0 Å². The Morgan fingerprint density at radius 2 is 1.87 bits per heavy atom. The lowest BCUT2D eigenvalue weighted by Gasteiger charge is -2.00. The minimum atomic E-state index is 0.634. The number of imidazole rings is 1. The molecule has 0 aliphatic carbocycles. The van der Waals surface area contributed by atoms with Gasteiger partial charge in [-0.3, -0.25) is 0 Å². The largest absolute Gasteiger partial charge is 0.382 e. The smallest absolute Gasteiger partial charge is 0.145 e. The van der Waals surface area contributed by atoms with Crippen molar-refractivity contribution >= 4 is 5.82 Å². The third kappa shape index (κ3) is 2.88. The van der Waals surface area contributed by atoms with Crippen LogP contribution in [0.2, 0.25) is 0 Å². The van der Waals surface area contributed by atoms with Crippen molar-refractivity contribution in [1.29, 1.82) is 0 Å². The lowest BCUT2D eigenvalue weighted by molar-refractivity contribution is 0.708. The molecule has 0 aromatic carbocycles. The number of anilines is 1. The van der Waals surface area contributed by atoms with Gasteiger partial charge in [0, 0.05) is 6.42 Å². The molecule has 86 valence electrons. The molecule has 1 aromatic heterocycles. The van der Waals surface area contributed by atoms with Gasteiger partial charge in [-0.1, -0.05) is 26.7 Å². The molecule has 0 amide bonds. The summed E-state index contributed by atoms with van der Waals surface area (Å²) in [6.45, 7) is 4.30.